The molecule has 1 fully saturated rings. The average molecular weight is 298 g/mol. The van der Waals surface area contributed by atoms with Crippen molar-refractivity contribution in [3.05, 3.63) is 71.3 Å². The van der Waals surface area contributed by atoms with E-state index in [9.17, 15) is 9.59 Å². The summed E-state index contributed by atoms with van der Waals surface area (Å²) in [5.41, 5.74) is 0.543. The molecule has 0 aliphatic carbocycles. The van der Waals surface area contributed by atoms with Gasteiger partial charge in [-0.3, -0.25) is 0 Å². The van der Waals surface area contributed by atoms with Gasteiger partial charge in [0.2, 0.25) is 0 Å². The molecule has 3 rings (SSSR count). The molecule has 22 heavy (non-hydrogen) atoms. The molecule has 1 saturated heterocycles. The minimum absolute atomic E-state index is 0.188. The Balaban J connectivity index is 1.83. The topological polar surface area (TPSA) is 72.8 Å². The van der Waals surface area contributed by atoms with Crippen molar-refractivity contribution < 1.29 is 24.2 Å². The quantitative estimate of drug-likeness (QED) is 0.878. The number of carboxylic acids is 1. The van der Waals surface area contributed by atoms with Gasteiger partial charge in [0.25, 0.3) is 0 Å². The first kappa shape index (κ1) is 14.3. The Morgan fingerprint density at radius 3 is 2.09 bits per heavy atom. The van der Waals surface area contributed by atoms with Crippen LogP contribution in [0.2, 0.25) is 0 Å². The Labute approximate surface area is 127 Å². The van der Waals surface area contributed by atoms with Crippen molar-refractivity contribution >= 4 is 11.9 Å². The molecule has 0 aromatic heterocycles. The number of ether oxygens (including phenoxy) is 2. The second-order valence-corrected chi connectivity index (χ2v) is 5.13. The van der Waals surface area contributed by atoms with Crippen molar-refractivity contribution in [2.75, 3.05) is 13.2 Å². The van der Waals surface area contributed by atoms with Gasteiger partial charge in [0, 0.05) is 5.56 Å². The fourth-order valence-corrected chi connectivity index (χ4v) is 2.30. The predicted molar refractivity (Wildman–Crippen MR) is 77.8 cm³/mol. The lowest BCUT2D eigenvalue weighted by atomic mass is 9.91. The summed E-state index contributed by atoms with van der Waals surface area (Å²) >= 11 is 0. The van der Waals surface area contributed by atoms with E-state index in [0.29, 0.717) is 5.56 Å². The fourth-order valence-electron chi connectivity index (χ4n) is 2.30. The number of hydrogen-bond donors (Lipinski definition) is 1. The standard InChI is InChI=1S/C17H14O5/c18-15(19)12-6-8-14(9-7-12)17(10-21-11-17)22-16(20)13-4-2-1-3-5-13/h1-9H,10-11H2,(H,18,19). The van der Waals surface area contributed by atoms with E-state index < -0.39 is 17.5 Å². The molecule has 2 aromatic carbocycles. The molecule has 0 spiro atoms. The molecule has 5 heteroatoms. The number of benzene rings is 2. The van der Waals surface area contributed by atoms with E-state index in [0.717, 1.165) is 5.56 Å². The van der Waals surface area contributed by atoms with Gasteiger partial charge in [-0.1, -0.05) is 30.3 Å². The van der Waals surface area contributed by atoms with Gasteiger partial charge in [-0.25, -0.2) is 9.59 Å². The van der Waals surface area contributed by atoms with Crippen LogP contribution in [0.5, 0.6) is 0 Å². The third-order valence-electron chi connectivity index (χ3n) is 3.63. The minimum atomic E-state index is -0.994. The summed E-state index contributed by atoms with van der Waals surface area (Å²) < 4.78 is 10.8. The Hall–Kier alpha value is -2.66. The van der Waals surface area contributed by atoms with Gasteiger partial charge in [-0.05, 0) is 24.3 Å². The summed E-state index contributed by atoms with van der Waals surface area (Å²) in [4.78, 5) is 23.1. The third-order valence-corrected chi connectivity index (χ3v) is 3.63. The molecule has 1 N–H and O–H groups in total. The number of aromatic carboxylic acids is 1. The van der Waals surface area contributed by atoms with Crippen LogP contribution >= 0.6 is 0 Å². The Kier molecular flexibility index (Phi) is 3.65. The van der Waals surface area contributed by atoms with Crippen molar-refractivity contribution in [2.45, 2.75) is 5.60 Å². The largest absolute Gasteiger partial charge is 0.478 e. The van der Waals surface area contributed by atoms with E-state index in [1.54, 1.807) is 36.4 Å². The number of esters is 1. The van der Waals surface area contributed by atoms with E-state index in [1.807, 2.05) is 6.07 Å². The molecule has 5 nitrogen and oxygen atoms in total. The molecule has 0 bridgehead atoms. The monoisotopic (exact) mass is 298 g/mol. The summed E-state index contributed by atoms with van der Waals surface area (Å²) in [7, 11) is 0. The second-order valence-electron chi connectivity index (χ2n) is 5.13. The molecule has 2 aromatic rings. The van der Waals surface area contributed by atoms with Gasteiger partial charge in [0.1, 0.15) is 0 Å². The van der Waals surface area contributed by atoms with Crippen molar-refractivity contribution in [3.63, 3.8) is 0 Å². The van der Waals surface area contributed by atoms with Crippen LogP contribution in [-0.2, 0) is 15.1 Å². The number of carbonyl (C=O) groups is 2. The summed E-state index contributed by atoms with van der Waals surface area (Å²) in [5.74, 6) is -1.42. The summed E-state index contributed by atoms with van der Waals surface area (Å²) in [6.07, 6.45) is 0. The van der Waals surface area contributed by atoms with E-state index >= 15 is 0 Å². The lowest BCUT2D eigenvalue weighted by Crippen LogP contribution is -2.50. The van der Waals surface area contributed by atoms with Crippen LogP contribution in [0.15, 0.2) is 54.6 Å². The molecule has 1 aliphatic heterocycles. The van der Waals surface area contributed by atoms with Crippen LogP contribution in [0.4, 0.5) is 0 Å². The van der Waals surface area contributed by atoms with Crippen LogP contribution in [0.25, 0.3) is 0 Å². The smallest absolute Gasteiger partial charge is 0.339 e. The van der Waals surface area contributed by atoms with Crippen molar-refractivity contribution in [3.8, 4) is 0 Å². The highest BCUT2D eigenvalue weighted by molar-refractivity contribution is 5.90. The zero-order chi connectivity index (χ0) is 15.6. The van der Waals surface area contributed by atoms with Crippen LogP contribution < -0.4 is 0 Å². The summed E-state index contributed by atoms with van der Waals surface area (Å²) in [6.45, 7) is 0.524. The zero-order valence-electron chi connectivity index (χ0n) is 11.7. The first-order valence-corrected chi connectivity index (χ1v) is 6.81. The molecule has 1 aliphatic rings. The van der Waals surface area contributed by atoms with Gasteiger partial charge in [0.15, 0.2) is 5.60 Å². The normalized spacial score (nSPS) is 15.6. The molecule has 1 heterocycles. The fraction of sp³-hybridized carbons (Fsp3) is 0.176. The van der Waals surface area contributed by atoms with Gasteiger partial charge in [-0.2, -0.15) is 0 Å². The predicted octanol–water partition coefficient (Wildman–Crippen LogP) is 2.47. The van der Waals surface area contributed by atoms with Crippen molar-refractivity contribution in [1.82, 2.24) is 0 Å². The first-order chi connectivity index (χ1) is 10.6. The van der Waals surface area contributed by atoms with Crippen LogP contribution in [0, 0.1) is 0 Å². The maximum absolute atomic E-state index is 12.2. The Morgan fingerprint density at radius 2 is 1.59 bits per heavy atom. The van der Waals surface area contributed by atoms with Crippen LogP contribution in [0.3, 0.4) is 0 Å². The Morgan fingerprint density at radius 1 is 0.955 bits per heavy atom. The SMILES string of the molecule is O=C(O)c1ccc(C2(OC(=O)c3ccccc3)COC2)cc1. The molecule has 0 unspecified atom stereocenters. The minimum Gasteiger partial charge on any atom is -0.478 e. The third kappa shape index (κ3) is 2.58. The molecular weight excluding hydrogens is 284 g/mol. The number of hydrogen-bond acceptors (Lipinski definition) is 4. The number of carboxylic acid groups (broad SMARTS) is 1. The number of carbonyl (C=O) groups excluding carboxylic acids is 1. The van der Waals surface area contributed by atoms with E-state index in [-0.39, 0.29) is 18.8 Å². The van der Waals surface area contributed by atoms with Gasteiger partial charge in [0.05, 0.1) is 24.3 Å². The number of rotatable bonds is 4. The lowest BCUT2D eigenvalue weighted by molar-refractivity contribution is -0.187. The van der Waals surface area contributed by atoms with Crippen molar-refractivity contribution in [1.29, 1.82) is 0 Å². The van der Waals surface area contributed by atoms with Gasteiger partial charge >= 0.3 is 11.9 Å². The maximum Gasteiger partial charge on any atom is 0.339 e. The highest BCUT2D eigenvalue weighted by Crippen LogP contribution is 2.34. The molecule has 0 amide bonds. The zero-order valence-corrected chi connectivity index (χ0v) is 11.7. The summed E-state index contributed by atoms with van der Waals surface area (Å²) in [5, 5.41) is 8.93. The van der Waals surface area contributed by atoms with Gasteiger partial charge < -0.3 is 14.6 Å². The highest BCUT2D eigenvalue weighted by Gasteiger charge is 2.44. The molecular formula is C17H14O5. The Bertz CT molecular complexity index is 687. The van der Waals surface area contributed by atoms with Crippen LogP contribution in [0.1, 0.15) is 26.3 Å². The molecule has 0 atom stereocenters. The van der Waals surface area contributed by atoms with E-state index in [1.165, 1.54) is 12.1 Å². The van der Waals surface area contributed by atoms with Crippen molar-refractivity contribution in [2.24, 2.45) is 0 Å². The van der Waals surface area contributed by atoms with E-state index in [2.05, 4.69) is 0 Å². The maximum atomic E-state index is 12.2. The highest BCUT2D eigenvalue weighted by atomic mass is 16.6. The lowest BCUT2D eigenvalue weighted by Gasteiger charge is -2.40. The van der Waals surface area contributed by atoms with Gasteiger partial charge in [-0.15, -0.1) is 0 Å². The average Bonchev–Trinajstić information content (AvgIpc) is 2.51. The van der Waals surface area contributed by atoms with Crippen LogP contribution in [-0.4, -0.2) is 30.3 Å². The van der Waals surface area contributed by atoms with E-state index in [4.69, 9.17) is 14.6 Å². The summed E-state index contributed by atoms with van der Waals surface area (Å²) in [6, 6.07) is 15.0. The molecule has 112 valence electrons. The molecule has 0 saturated carbocycles. The second kappa shape index (κ2) is 5.61. The molecule has 0 radical (unpaired) electrons. The first-order valence-electron chi connectivity index (χ1n) is 6.81.